The SMILES string of the molecule is COc1cccc(C2=NC(=CN3CCN(C(=O)O)CC3)C(=O)O2)c1. The lowest BCUT2D eigenvalue weighted by atomic mass is 10.2. The van der Waals surface area contributed by atoms with Crippen molar-refractivity contribution in [1.29, 1.82) is 0 Å². The van der Waals surface area contributed by atoms with E-state index in [9.17, 15) is 9.59 Å². The van der Waals surface area contributed by atoms with Crippen molar-refractivity contribution in [2.24, 2.45) is 4.99 Å². The number of carbonyl (C=O) groups excluding carboxylic acids is 1. The number of carbonyl (C=O) groups is 2. The highest BCUT2D eigenvalue weighted by molar-refractivity contribution is 6.11. The van der Waals surface area contributed by atoms with E-state index in [1.807, 2.05) is 4.90 Å². The van der Waals surface area contributed by atoms with Crippen LogP contribution in [0.25, 0.3) is 0 Å². The summed E-state index contributed by atoms with van der Waals surface area (Å²) in [5.41, 5.74) is 0.860. The Labute approximate surface area is 138 Å². The van der Waals surface area contributed by atoms with E-state index in [-0.39, 0.29) is 11.6 Å². The fourth-order valence-electron chi connectivity index (χ4n) is 2.49. The smallest absolute Gasteiger partial charge is 0.407 e. The molecule has 1 amide bonds. The predicted octanol–water partition coefficient (Wildman–Crippen LogP) is 1.14. The van der Waals surface area contributed by atoms with Crippen molar-refractivity contribution in [3.63, 3.8) is 0 Å². The Balaban J connectivity index is 1.73. The van der Waals surface area contributed by atoms with Gasteiger partial charge in [-0.1, -0.05) is 6.07 Å². The first-order valence-corrected chi connectivity index (χ1v) is 7.46. The monoisotopic (exact) mass is 331 g/mol. The van der Waals surface area contributed by atoms with Gasteiger partial charge in [-0.15, -0.1) is 0 Å². The molecule has 1 N–H and O–H groups in total. The maximum atomic E-state index is 12.0. The number of aliphatic imine (C=N–C) groups is 1. The highest BCUT2D eigenvalue weighted by atomic mass is 16.6. The molecule has 0 atom stereocenters. The minimum absolute atomic E-state index is 0.205. The molecule has 0 unspecified atom stereocenters. The Hall–Kier alpha value is -3.03. The van der Waals surface area contributed by atoms with E-state index in [0.29, 0.717) is 37.5 Å². The number of amides is 1. The summed E-state index contributed by atoms with van der Waals surface area (Å²) in [5, 5.41) is 8.94. The second-order valence-electron chi connectivity index (χ2n) is 5.36. The first-order chi connectivity index (χ1) is 11.6. The van der Waals surface area contributed by atoms with Crippen molar-refractivity contribution in [2.45, 2.75) is 0 Å². The molecule has 1 aromatic carbocycles. The van der Waals surface area contributed by atoms with Crippen molar-refractivity contribution in [2.75, 3.05) is 33.3 Å². The zero-order valence-corrected chi connectivity index (χ0v) is 13.1. The molecule has 0 aliphatic carbocycles. The zero-order chi connectivity index (χ0) is 17.1. The maximum absolute atomic E-state index is 12.0. The van der Waals surface area contributed by atoms with Gasteiger partial charge in [-0.05, 0) is 18.2 Å². The summed E-state index contributed by atoms with van der Waals surface area (Å²) in [7, 11) is 1.56. The number of hydrogen-bond donors (Lipinski definition) is 1. The fraction of sp³-hybridized carbons (Fsp3) is 0.312. The Kier molecular flexibility index (Phi) is 4.37. The molecule has 1 fully saturated rings. The van der Waals surface area contributed by atoms with E-state index in [0.717, 1.165) is 0 Å². The first kappa shape index (κ1) is 15.9. The van der Waals surface area contributed by atoms with Crippen molar-refractivity contribution >= 4 is 18.0 Å². The van der Waals surface area contributed by atoms with Crippen LogP contribution in [0.15, 0.2) is 41.2 Å². The summed E-state index contributed by atoms with van der Waals surface area (Å²) in [6.45, 7) is 1.79. The summed E-state index contributed by atoms with van der Waals surface area (Å²) in [6.07, 6.45) is 0.690. The lowest BCUT2D eigenvalue weighted by molar-refractivity contribution is -0.130. The van der Waals surface area contributed by atoms with E-state index in [1.165, 1.54) is 4.90 Å². The molecule has 24 heavy (non-hydrogen) atoms. The van der Waals surface area contributed by atoms with E-state index < -0.39 is 12.1 Å². The standard InChI is InChI=1S/C16H17N3O5/c1-23-12-4-2-3-11(9-12)14-17-13(15(20)24-14)10-18-5-7-19(8-6-18)16(21)22/h2-4,9-10H,5-8H2,1H3,(H,21,22). The van der Waals surface area contributed by atoms with E-state index in [1.54, 1.807) is 37.6 Å². The molecule has 0 saturated carbocycles. The van der Waals surface area contributed by atoms with Crippen LogP contribution >= 0.6 is 0 Å². The zero-order valence-electron chi connectivity index (χ0n) is 13.1. The second kappa shape index (κ2) is 6.61. The first-order valence-electron chi connectivity index (χ1n) is 7.46. The average Bonchev–Trinajstić information content (AvgIpc) is 2.96. The summed E-state index contributed by atoms with van der Waals surface area (Å²) < 4.78 is 10.4. The Morgan fingerprint density at radius 2 is 2.08 bits per heavy atom. The molecule has 8 heteroatoms. The largest absolute Gasteiger partial charge is 0.497 e. The number of benzene rings is 1. The third-order valence-corrected chi connectivity index (χ3v) is 3.83. The van der Waals surface area contributed by atoms with Gasteiger partial charge in [0.25, 0.3) is 0 Å². The van der Waals surface area contributed by atoms with Crippen molar-refractivity contribution < 1.29 is 24.2 Å². The maximum Gasteiger partial charge on any atom is 0.407 e. The van der Waals surface area contributed by atoms with Gasteiger partial charge in [-0.2, -0.15) is 0 Å². The summed E-state index contributed by atoms with van der Waals surface area (Å²) in [6, 6.07) is 7.10. The van der Waals surface area contributed by atoms with Gasteiger partial charge >= 0.3 is 12.1 Å². The van der Waals surface area contributed by atoms with Crippen LogP contribution in [0, 0.1) is 0 Å². The number of ether oxygens (including phenoxy) is 2. The topological polar surface area (TPSA) is 91.7 Å². The minimum atomic E-state index is -0.930. The molecule has 8 nitrogen and oxygen atoms in total. The number of esters is 1. The van der Waals surface area contributed by atoms with Crippen LogP contribution in [0.4, 0.5) is 4.79 Å². The number of nitrogens with zero attached hydrogens (tertiary/aromatic N) is 3. The number of piperazine rings is 1. The number of methoxy groups -OCH3 is 1. The number of carboxylic acid groups (broad SMARTS) is 1. The normalized spacial score (nSPS) is 19.3. The van der Waals surface area contributed by atoms with Gasteiger partial charge in [0.05, 0.1) is 7.11 Å². The molecule has 0 aromatic heterocycles. The van der Waals surface area contributed by atoms with Gasteiger partial charge in [0.2, 0.25) is 5.90 Å². The molecule has 0 spiro atoms. The summed E-state index contributed by atoms with van der Waals surface area (Å²) in [5.74, 6) is 0.358. The fourth-order valence-corrected chi connectivity index (χ4v) is 2.49. The van der Waals surface area contributed by atoms with Crippen LogP contribution in [0.5, 0.6) is 5.75 Å². The Morgan fingerprint density at radius 1 is 1.33 bits per heavy atom. The van der Waals surface area contributed by atoms with Crippen LogP contribution in [-0.4, -0.2) is 66.2 Å². The molecular weight excluding hydrogens is 314 g/mol. The molecule has 126 valence electrons. The third-order valence-electron chi connectivity index (χ3n) is 3.83. The van der Waals surface area contributed by atoms with Gasteiger partial charge in [0, 0.05) is 37.9 Å². The minimum Gasteiger partial charge on any atom is -0.497 e. The summed E-state index contributed by atoms with van der Waals surface area (Å²) >= 11 is 0. The second-order valence-corrected chi connectivity index (χ2v) is 5.36. The van der Waals surface area contributed by atoms with Gasteiger partial charge in [-0.3, -0.25) is 0 Å². The molecular formula is C16H17N3O5. The molecule has 0 radical (unpaired) electrons. The lowest BCUT2D eigenvalue weighted by Gasteiger charge is -2.32. The quantitative estimate of drug-likeness (QED) is 0.659. The molecule has 3 rings (SSSR count). The van der Waals surface area contributed by atoms with Crippen molar-refractivity contribution in [3.8, 4) is 5.75 Å². The average molecular weight is 331 g/mol. The number of rotatable bonds is 3. The molecule has 0 bridgehead atoms. The number of cyclic esters (lactones) is 1. The lowest BCUT2D eigenvalue weighted by Crippen LogP contribution is -2.46. The van der Waals surface area contributed by atoms with Gasteiger partial charge in [0.1, 0.15) is 5.75 Å². The number of hydrogen-bond acceptors (Lipinski definition) is 6. The highest BCUT2D eigenvalue weighted by Gasteiger charge is 2.26. The van der Waals surface area contributed by atoms with Crippen molar-refractivity contribution in [3.05, 3.63) is 41.7 Å². The molecule has 2 heterocycles. The van der Waals surface area contributed by atoms with E-state index >= 15 is 0 Å². The highest BCUT2D eigenvalue weighted by Crippen LogP contribution is 2.20. The van der Waals surface area contributed by atoms with Crippen molar-refractivity contribution in [1.82, 2.24) is 9.80 Å². The van der Waals surface area contributed by atoms with E-state index in [2.05, 4.69) is 4.99 Å². The van der Waals surface area contributed by atoms with Gasteiger partial charge in [-0.25, -0.2) is 14.6 Å². The molecule has 1 aromatic rings. The van der Waals surface area contributed by atoms with Crippen LogP contribution in [-0.2, 0) is 9.53 Å². The Morgan fingerprint density at radius 3 is 2.75 bits per heavy atom. The van der Waals surface area contributed by atoms with Crippen LogP contribution in [0.3, 0.4) is 0 Å². The van der Waals surface area contributed by atoms with Crippen LogP contribution in [0.2, 0.25) is 0 Å². The van der Waals surface area contributed by atoms with Crippen LogP contribution < -0.4 is 4.74 Å². The summed E-state index contributed by atoms with van der Waals surface area (Å²) in [4.78, 5) is 30.3. The Bertz CT molecular complexity index is 720. The third kappa shape index (κ3) is 3.32. The van der Waals surface area contributed by atoms with Gasteiger partial charge in [0.15, 0.2) is 5.70 Å². The predicted molar refractivity (Wildman–Crippen MR) is 84.9 cm³/mol. The van der Waals surface area contributed by atoms with Crippen LogP contribution in [0.1, 0.15) is 5.56 Å². The van der Waals surface area contributed by atoms with E-state index in [4.69, 9.17) is 14.6 Å². The van der Waals surface area contributed by atoms with Gasteiger partial charge < -0.3 is 24.4 Å². The molecule has 2 aliphatic rings. The molecule has 2 aliphatic heterocycles. The molecule has 1 saturated heterocycles.